The Morgan fingerprint density at radius 2 is 2.00 bits per heavy atom. The van der Waals surface area contributed by atoms with Crippen LogP contribution in [0.15, 0.2) is 52.0 Å². The van der Waals surface area contributed by atoms with E-state index in [0.717, 1.165) is 0 Å². The molecule has 1 aromatic heterocycles. The number of benzene rings is 2. The van der Waals surface area contributed by atoms with E-state index in [9.17, 15) is 9.18 Å². The fraction of sp³-hybridized carbons (Fsp3) is 0.143. The SMILES string of the molecule is Cc1noc2c1-c1ccc(F)cc1C(c1ccc(C#N)cc1)=N[C@H]2CC(N)=O. The Hall–Kier alpha value is -3.79. The molecule has 6 nitrogen and oxygen atoms in total. The number of hydrogen-bond acceptors (Lipinski definition) is 5. The second kappa shape index (κ2) is 6.74. The number of carbonyl (C=O) groups is 1. The maximum absolute atomic E-state index is 14.1. The number of carbonyl (C=O) groups excluding carboxylic acids is 1. The molecule has 2 aromatic carbocycles. The molecule has 2 heterocycles. The second-order valence-electron chi connectivity index (χ2n) is 6.55. The minimum atomic E-state index is -0.685. The van der Waals surface area contributed by atoms with Crippen LogP contribution in [0, 0.1) is 24.1 Å². The van der Waals surface area contributed by atoms with Crippen LogP contribution in [0.3, 0.4) is 0 Å². The van der Waals surface area contributed by atoms with E-state index in [0.29, 0.717) is 45.0 Å². The monoisotopic (exact) mass is 374 g/mol. The zero-order valence-corrected chi connectivity index (χ0v) is 14.9. The van der Waals surface area contributed by atoms with E-state index >= 15 is 0 Å². The molecule has 4 rings (SSSR count). The Bertz CT molecular complexity index is 1160. The Labute approximate surface area is 160 Å². The van der Waals surface area contributed by atoms with Crippen molar-refractivity contribution in [2.45, 2.75) is 19.4 Å². The van der Waals surface area contributed by atoms with Crippen molar-refractivity contribution in [2.75, 3.05) is 0 Å². The molecule has 1 aliphatic heterocycles. The average molecular weight is 374 g/mol. The van der Waals surface area contributed by atoms with E-state index < -0.39 is 17.8 Å². The fourth-order valence-electron chi connectivity index (χ4n) is 3.42. The minimum absolute atomic E-state index is 0.0715. The van der Waals surface area contributed by atoms with E-state index in [1.54, 1.807) is 37.3 Å². The van der Waals surface area contributed by atoms with Crippen LogP contribution in [-0.4, -0.2) is 16.8 Å². The third-order valence-electron chi connectivity index (χ3n) is 4.66. The molecular formula is C21H15FN4O2. The number of nitrogens with two attached hydrogens (primary N) is 1. The number of nitrogens with zero attached hydrogens (tertiary/aromatic N) is 3. The molecule has 138 valence electrons. The highest BCUT2D eigenvalue weighted by Crippen LogP contribution is 2.40. The van der Waals surface area contributed by atoms with Gasteiger partial charge in [0.2, 0.25) is 5.91 Å². The highest BCUT2D eigenvalue weighted by molar-refractivity contribution is 6.17. The smallest absolute Gasteiger partial charge is 0.220 e. The Morgan fingerprint density at radius 3 is 2.68 bits per heavy atom. The fourth-order valence-corrected chi connectivity index (χ4v) is 3.42. The van der Waals surface area contributed by atoms with Gasteiger partial charge in [0, 0.05) is 11.1 Å². The van der Waals surface area contributed by atoms with E-state index in [-0.39, 0.29) is 6.42 Å². The summed E-state index contributed by atoms with van der Waals surface area (Å²) in [5.41, 5.74) is 9.69. The third kappa shape index (κ3) is 2.95. The summed E-state index contributed by atoms with van der Waals surface area (Å²) in [6.45, 7) is 1.78. The molecule has 1 amide bonds. The molecule has 0 unspecified atom stereocenters. The quantitative estimate of drug-likeness (QED) is 0.758. The lowest BCUT2D eigenvalue weighted by Gasteiger charge is -2.11. The molecule has 0 saturated heterocycles. The summed E-state index contributed by atoms with van der Waals surface area (Å²) in [7, 11) is 0. The maximum Gasteiger partial charge on any atom is 0.220 e. The summed E-state index contributed by atoms with van der Waals surface area (Å²) < 4.78 is 19.6. The number of hydrogen-bond donors (Lipinski definition) is 1. The Kier molecular flexibility index (Phi) is 4.24. The van der Waals surface area contributed by atoms with Gasteiger partial charge < -0.3 is 10.3 Å². The summed E-state index contributed by atoms with van der Waals surface area (Å²) >= 11 is 0. The third-order valence-corrected chi connectivity index (χ3v) is 4.66. The van der Waals surface area contributed by atoms with Gasteiger partial charge >= 0.3 is 0 Å². The normalized spacial score (nSPS) is 15.0. The predicted molar refractivity (Wildman–Crippen MR) is 100.0 cm³/mol. The molecule has 2 N–H and O–H groups in total. The van der Waals surface area contributed by atoms with Crippen molar-refractivity contribution in [3.8, 4) is 17.2 Å². The number of primary amides is 1. The summed E-state index contributed by atoms with van der Waals surface area (Å²) in [5.74, 6) is -0.526. The van der Waals surface area contributed by atoms with Gasteiger partial charge in [0.1, 0.15) is 11.9 Å². The molecule has 7 heteroatoms. The van der Waals surface area contributed by atoms with Crippen LogP contribution in [0.1, 0.15) is 40.6 Å². The zero-order chi connectivity index (χ0) is 19.8. The summed E-state index contributed by atoms with van der Waals surface area (Å²) in [4.78, 5) is 16.4. The zero-order valence-electron chi connectivity index (χ0n) is 14.9. The molecule has 1 atom stereocenters. The second-order valence-corrected chi connectivity index (χ2v) is 6.55. The average Bonchev–Trinajstić information content (AvgIpc) is 3.00. The van der Waals surface area contributed by atoms with Gasteiger partial charge in [0.15, 0.2) is 5.76 Å². The lowest BCUT2D eigenvalue weighted by atomic mass is 9.92. The van der Waals surface area contributed by atoms with E-state index in [4.69, 9.17) is 20.5 Å². The van der Waals surface area contributed by atoms with Gasteiger partial charge in [-0.05, 0) is 36.8 Å². The maximum atomic E-state index is 14.1. The number of halogens is 1. The van der Waals surface area contributed by atoms with Crippen LogP contribution in [0.25, 0.3) is 11.1 Å². The largest absolute Gasteiger partial charge is 0.370 e. The van der Waals surface area contributed by atoms with Crippen molar-refractivity contribution in [1.29, 1.82) is 5.26 Å². The first-order chi connectivity index (χ1) is 13.5. The number of fused-ring (bicyclic) bond motifs is 3. The molecule has 0 spiro atoms. The number of rotatable bonds is 3. The van der Waals surface area contributed by atoms with Crippen molar-refractivity contribution < 1.29 is 13.7 Å². The van der Waals surface area contributed by atoms with E-state index in [1.165, 1.54) is 12.1 Å². The summed E-state index contributed by atoms with van der Waals surface area (Å²) in [6.07, 6.45) is -0.0715. The summed E-state index contributed by atoms with van der Waals surface area (Å²) in [5, 5.41) is 13.1. The van der Waals surface area contributed by atoms with E-state index in [1.807, 2.05) is 0 Å². The first-order valence-corrected chi connectivity index (χ1v) is 8.61. The molecule has 3 aromatic rings. The number of aromatic nitrogens is 1. The lowest BCUT2D eigenvalue weighted by molar-refractivity contribution is -0.118. The van der Waals surface area contributed by atoms with Gasteiger partial charge in [-0.25, -0.2) is 4.39 Å². The van der Waals surface area contributed by atoms with Gasteiger partial charge in [0.25, 0.3) is 0 Å². The van der Waals surface area contributed by atoms with Crippen molar-refractivity contribution in [1.82, 2.24) is 5.16 Å². The van der Waals surface area contributed by atoms with Crippen LogP contribution >= 0.6 is 0 Å². The van der Waals surface area contributed by atoms with Gasteiger partial charge in [-0.15, -0.1) is 0 Å². The lowest BCUT2D eigenvalue weighted by Crippen LogP contribution is -2.15. The minimum Gasteiger partial charge on any atom is -0.370 e. The number of aryl methyl sites for hydroxylation is 1. The van der Waals surface area contributed by atoms with Crippen molar-refractivity contribution in [3.05, 3.63) is 76.4 Å². The topological polar surface area (TPSA) is 105 Å². The number of amides is 1. The molecule has 0 aliphatic carbocycles. The molecule has 28 heavy (non-hydrogen) atoms. The Morgan fingerprint density at radius 1 is 1.25 bits per heavy atom. The van der Waals surface area contributed by atoms with Crippen LogP contribution in [0.2, 0.25) is 0 Å². The van der Waals surface area contributed by atoms with Crippen LogP contribution < -0.4 is 5.73 Å². The Balaban J connectivity index is 2.00. The van der Waals surface area contributed by atoms with Crippen LogP contribution in [0.4, 0.5) is 4.39 Å². The predicted octanol–water partition coefficient (Wildman–Crippen LogP) is 3.43. The number of nitriles is 1. The highest BCUT2D eigenvalue weighted by Gasteiger charge is 2.31. The molecular weight excluding hydrogens is 359 g/mol. The molecule has 1 aliphatic rings. The molecule has 0 saturated carbocycles. The van der Waals surface area contributed by atoms with E-state index in [2.05, 4.69) is 11.2 Å². The van der Waals surface area contributed by atoms with Crippen molar-refractivity contribution in [2.24, 2.45) is 10.7 Å². The van der Waals surface area contributed by atoms with Gasteiger partial charge in [-0.3, -0.25) is 9.79 Å². The van der Waals surface area contributed by atoms with Crippen molar-refractivity contribution in [3.63, 3.8) is 0 Å². The standard InChI is InChI=1S/C21H15FN4O2/c1-11-19-15-7-6-14(22)8-16(15)20(13-4-2-12(10-23)3-5-13)25-17(9-18(24)27)21(19)28-26-11/h2-8,17H,9H2,1H3,(H2,24,27)/t17-/m0/s1. The number of aliphatic imine (C=N–C) groups is 1. The molecule has 0 fully saturated rings. The molecule has 0 bridgehead atoms. The first kappa shape index (κ1) is 17.6. The summed E-state index contributed by atoms with van der Waals surface area (Å²) in [6, 6.07) is 12.6. The highest BCUT2D eigenvalue weighted by atomic mass is 19.1. The molecule has 0 radical (unpaired) electrons. The first-order valence-electron chi connectivity index (χ1n) is 8.61. The van der Waals surface area contributed by atoms with Crippen LogP contribution in [-0.2, 0) is 4.79 Å². The van der Waals surface area contributed by atoms with Crippen molar-refractivity contribution >= 4 is 11.6 Å². The van der Waals surface area contributed by atoms with Crippen LogP contribution in [0.5, 0.6) is 0 Å². The van der Waals surface area contributed by atoms with Gasteiger partial charge in [-0.1, -0.05) is 23.4 Å². The van der Waals surface area contributed by atoms with Gasteiger partial charge in [0.05, 0.1) is 35.0 Å². The van der Waals surface area contributed by atoms with Gasteiger partial charge in [-0.2, -0.15) is 5.26 Å².